The Kier molecular flexibility index (Phi) is 6.37. The number of carbonyl (C=O) groups is 3. The Bertz CT molecular complexity index is 553. The van der Waals surface area contributed by atoms with Crippen LogP contribution in [0.3, 0.4) is 0 Å². The number of carbonyl (C=O) groups excluding carboxylic acids is 2. The molecule has 1 aromatic rings. The highest BCUT2D eigenvalue weighted by atomic mass is 16.6. The molecule has 0 bridgehead atoms. The average Bonchev–Trinajstić information content (AvgIpc) is 2.51. The van der Waals surface area contributed by atoms with Gasteiger partial charge >= 0.3 is 11.9 Å². The van der Waals surface area contributed by atoms with Gasteiger partial charge in [-0.1, -0.05) is 13.0 Å². The third-order valence-corrected chi connectivity index (χ3v) is 2.85. The molecule has 1 aromatic carbocycles. The molecule has 0 aliphatic carbocycles. The molecule has 7 nitrogen and oxygen atoms in total. The highest BCUT2D eigenvalue weighted by Crippen LogP contribution is 2.20. The van der Waals surface area contributed by atoms with E-state index in [1.807, 2.05) is 0 Å². The number of methoxy groups -OCH3 is 1. The third kappa shape index (κ3) is 4.76. The summed E-state index contributed by atoms with van der Waals surface area (Å²) in [6.07, 6.45) is -1.79. The van der Waals surface area contributed by atoms with Gasteiger partial charge in [0, 0.05) is 6.07 Å². The van der Waals surface area contributed by atoms with Crippen LogP contribution >= 0.6 is 0 Å². The molecule has 120 valence electrons. The second-order valence-corrected chi connectivity index (χ2v) is 4.50. The number of hydrogen-bond donors (Lipinski definition) is 1. The molecule has 22 heavy (non-hydrogen) atoms. The molecule has 7 heteroatoms. The van der Waals surface area contributed by atoms with Crippen molar-refractivity contribution in [3.63, 3.8) is 0 Å². The maximum absolute atomic E-state index is 12.0. The summed E-state index contributed by atoms with van der Waals surface area (Å²) in [5, 5.41) is 8.81. The molecular weight excluding hydrogens is 292 g/mol. The first-order valence-corrected chi connectivity index (χ1v) is 6.67. The Morgan fingerprint density at radius 3 is 2.41 bits per heavy atom. The van der Waals surface area contributed by atoms with Gasteiger partial charge < -0.3 is 19.3 Å². The molecular formula is C15H18O7. The average molecular weight is 310 g/mol. The molecule has 2 atom stereocenters. The molecule has 0 aromatic heterocycles. The Morgan fingerprint density at radius 1 is 1.23 bits per heavy atom. The molecule has 0 heterocycles. The van der Waals surface area contributed by atoms with Gasteiger partial charge in [-0.15, -0.1) is 0 Å². The maximum Gasteiger partial charge on any atom is 0.376 e. The Hall–Kier alpha value is -2.57. The first-order chi connectivity index (χ1) is 10.4. The van der Waals surface area contributed by atoms with E-state index in [4.69, 9.17) is 19.3 Å². The number of hydrogen-bond acceptors (Lipinski definition) is 6. The van der Waals surface area contributed by atoms with Crippen LogP contribution in [0.15, 0.2) is 24.3 Å². The van der Waals surface area contributed by atoms with Gasteiger partial charge in [0.15, 0.2) is 0 Å². The van der Waals surface area contributed by atoms with E-state index in [-0.39, 0.29) is 5.75 Å². The predicted octanol–water partition coefficient (Wildman–Crippen LogP) is 1.44. The monoisotopic (exact) mass is 310 g/mol. The minimum atomic E-state index is -1.86. The van der Waals surface area contributed by atoms with E-state index < -0.39 is 29.9 Å². The summed E-state index contributed by atoms with van der Waals surface area (Å²) in [6.45, 7) is 3.42. The fourth-order valence-electron chi connectivity index (χ4n) is 1.47. The lowest BCUT2D eigenvalue weighted by molar-refractivity contribution is -0.165. The van der Waals surface area contributed by atoms with Gasteiger partial charge in [0.05, 0.1) is 13.2 Å². The van der Waals surface area contributed by atoms with E-state index in [0.29, 0.717) is 12.2 Å². The third-order valence-electron chi connectivity index (χ3n) is 2.85. The van der Waals surface area contributed by atoms with E-state index in [2.05, 4.69) is 0 Å². The Morgan fingerprint density at radius 2 is 1.86 bits per heavy atom. The van der Waals surface area contributed by atoms with Gasteiger partial charge in [0.2, 0.25) is 0 Å². The topological polar surface area (TPSA) is 99.1 Å². The van der Waals surface area contributed by atoms with Gasteiger partial charge in [-0.3, -0.25) is 4.79 Å². The summed E-state index contributed by atoms with van der Waals surface area (Å²) in [5.74, 6) is -3.64. The van der Waals surface area contributed by atoms with Crippen molar-refractivity contribution in [1.82, 2.24) is 0 Å². The van der Waals surface area contributed by atoms with Crippen molar-refractivity contribution in [1.29, 1.82) is 0 Å². The van der Waals surface area contributed by atoms with Gasteiger partial charge in [-0.25, -0.2) is 9.59 Å². The number of carboxylic acids is 1. The molecule has 2 unspecified atom stereocenters. The molecule has 0 saturated carbocycles. The van der Waals surface area contributed by atoms with Gasteiger partial charge in [-0.05, 0) is 25.5 Å². The van der Waals surface area contributed by atoms with Crippen molar-refractivity contribution in [3.05, 3.63) is 24.3 Å². The molecule has 1 rings (SSSR count). The van der Waals surface area contributed by atoms with Crippen molar-refractivity contribution in [2.45, 2.75) is 32.5 Å². The minimum Gasteiger partial charge on any atom is -0.497 e. The second kappa shape index (κ2) is 8.02. The summed E-state index contributed by atoms with van der Waals surface area (Å²) in [4.78, 5) is 34.5. The quantitative estimate of drug-likeness (QED) is 0.440. The van der Waals surface area contributed by atoms with Crippen LogP contribution in [0.4, 0.5) is 0 Å². The van der Waals surface area contributed by atoms with Crippen LogP contribution in [0.25, 0.3) is 0 Å². The summed E-state index contributed by atoms with van der Waals surface area (Å²) in [5.41, 5.74) is 0. The standard InChI is InChI=1S/C15H18O7/c1-4-9(2)21-15(19)13(12(16)14(17)18)22-11-7-5-6-10(8-11)20-3/h5-9,13H,4H2,1-3H3,(H,17,18). The zero-order chi connectivity index (χ0) is 16.7. The molecule has 0 fully saturated rings. The molecule has 1 N–H and O–H groups in total. The molecule has 0 spiro atoms. The van der Waals surface area contributed by atoms with Gasteiger partial charge in [0.1, 0.15) is 11.5 Å². The first kappa shape index (κ1) is 17.5. The largest absolute Gasteiger partial charge is 0.497 e. The van der Waals surface area contributed by atoms with Crippen LogP contribution in [0.2, 0.25) is 0 Å². The maximum atomic E-state index is 12.0. The molecule has 0 aliphatic rings. The number of aliphatic carboxylic acids is 1. The number of benzene rings is 1. The zero-order valence-corrected chi connectivity index (χ0v) is 12.6. The molecule has 0 radical (unpaired) electrons. The van der Waals surface area contributed by atoms with Crippen LogP contribution < -0.4 is 9.47 Å². The summed E-state index contributed by atoms with van der Waals surface area (Å²) >= 11 is 0. The molecule has 0 saturated heterocycles. The number of rotatable bonds is 8. The minimum absolute atomic E-state index is 0.125. The number of carboxylic acid groups (broad SMARTS) is 1. The SMILES string of the molecule is CCC(C)OC(=O)C(Oc1cccc(OC)c1)C(=O)C(=O)O. The van der Waals surface area contributed by atoms with Crippen molar-refractivity contribution in [2.24, 2.45) is 0 Å². The number of Topliss-reactive ketones (excluding diaryl/α,β-unsaturated/α-hetero) is 1. The number of esters is 1. The van der Waals surface area contributed by atoms with Gasteiger partial charge in [0.25, 0.3) is 11.9 Å². The van der Waals surface area contributed by atoms with Crippen molar-refractivity contribution < 1.29 is 33.7 Å². The predicted molar refractivity (Wildman–Crippen MR) is 75.9 cm³/mol. The Balaban J connectivity index is 2.97. The van der Waals surface area contributed by atoms with Crippen LogP contribution in [0.1, 0.15) is 20.3 Å². The zero-order valence-electron chi connectivity index (χ0n) is 12.6. The van der Waals surface area contributed by atoms with Crippen molar-refractivity contribution in [2.75, 3.05) is 7.11 Å². The van der Waals surface area contributed by atoms with Crippen LogP contribution in [0.5, 0.6) is 11.5 Å². The van der Waals surface area contributed by atoms with E-state index in [1.165, 1.54) is 19.2 Å². The fraction of sp³-hybridized carbons (Fsp3) is 0.400. The molecule has 0 amide bonds. The fourth-order valence-corrected chi connectivity index (χ4v) is 1.47. The lowest BCUT2D eigenvalue weighted by Crippen LogP contribution is -2.42. The van der Waals surface area contributed by atoms with Crippen molar-refractivity contribution in [3.8, 4) is 11.5 Å². The summed E-state index contributed by atoms with van der Waals surface area (Å²) in [7, 11) is 1.44. The highest BCUT2D eigenvalue weighted by molar-refractivity contribution is 6.38. The van der Waals surface area contributed by atoms with Crippen LogP contribution in [-0.2, 0) is 19.1 Å². The van der Waals surface area contributed by atoms with Gasteiger partial charge in [-0.2, -0.15) is 0 Å². The molecule has 0 aliphatic heterocycles. The lowest BCUT2D eigenvalue weighted by atomic mass is 10.2. The smallest absolute Gasteiger partial charge is 0.376 e. The Labute approximate surface area is 127 Å². The lowest BCUT2D eigenvalue weighted by Gasteiger charge is -2.18. The second-order valence-electron chi connectivity index (χ2n) is 4.50. The normalized spacial score (nSPS) is 12.9. The van der Waals surface area contributed by atoms with E-state index in [1.54, 1.807) is 26.0 Å². The first-order valence-electron chi connectivity index (χ1n) is 6.67. The van der Waals surface area contributed by atoms with Crippen LogP contribution in [0, 0.1) is 0 Å². The van der Waals surface area contributed by atoms with E-state index in [0.717, 1.165) is 0 Å². The van der Waals surface area contributed by atoms with Crippen molar-refractivity contribution >= 4 is 17.7 Å². The van der Waals surface area contributed by atoms with E-state index >= 15 is 0 Å². The summed E-state index contributed by atoms with van der Waals surface area (Å²) < 4.78 is 15.2. The number of ketones is 1. The summed E-state index contributed by atoms with van der Waals surface area (Å²) in [6, 6.07) is 6.12. The number of ether oxygens (including phenoxy) is 3. The van der Waals surface area contributed by atoms with Crippen LogP contribution in [-0.4, -0.2) is 42.1 Å². The highest BCUT2D eigenvalue weighted by Gasteiger charge is 2.36. The van der Waals surface area contributed by atoms with E-state index in [9.17, 15) is 14.4 Å².